The third kappa shape index (κ3) is 4.25. The van der Waals surface area contributed by atoms with E-state index in [9.17, 15) is 0 Å². The van der Waals surface area contributed by atoms with Crippen molar-refractivity contribution in [1.29, 1.82) is 0 Å². The molecule has 0 amide bonds. The first-order chi connectivity index (χ1) is 22.8. The van der Waals surface area contributed by atoms with Crippen LogP contribution in [0.15, 0.2) is 164 Å². The van der Waals surface area contributed by atoms with Crippen LogP contribution in [0, 0.1) is 0 Å². The summed E-state index contributed by atoms with van der Waals surface area (Å²) >= 11 is 0. The van der Waals surface area contributed by atoms with Crippen molar-refractivity contribution >= 4 is 51.0 Å². The number of nitrogens with zero attached hydrogens (tertiary/aromatic N) is 3. The zero-order valence-corrected chi connectivity index (χ0v) is 25.1. The molecule has 0 radical (unpaired) electrons. The number of benzene rings is 6. The van der Waals surface area contributed by atoms with Gasteiger partial charge in [-0.2, -0.15) is 0 Å². The maximum absolute atomic E-state index is 5.39. The average molecular weight is 588 g/mol. The van der Waals surface area contributed by atoms with Crippen molar-refractivity contribution < 1.29 is 0 Å². The first-order valence-electron chi connectivity index (χ1n) is 15.7. The minimum Gasteiger partial charge on any atom is -0.309 e. The SMILES string of the molecule is C1=Cc2c(ccc3c4ccccc4n(-c4cc(-c5ccccc5)cc(-c5ccccc5)n4)c23)N(c2ccccc2)c2ccccc21. The Hall–Kier alpha value is -6.19. The van der Waals surface area contributed by atoms with E-state index in [4.69, 9.17) is 4.98 Å². The van der Waals surface area contributed by atoms with Gasteiger partial charge in [0, 0.05) is 27.6 Å². The van der Waals surface area contributed by atoms with Gasteiger partial charge in [0.05, 0.1) is 28.1 Å². The summed E-state index contributed by atoms with van der Waals surface area (Å²) < 4.78 is 2.37. The van der Waals surface area contributed by atoms with Gasteiger partial charge in [0.15, 0.2) is 0 Å². The van der Waals surface area contributed by atoms with Gasteiger partial charge in [-0.3, -0.25) is 4.57 Å². The zero-order chi connectivity index (χ0) is 30.5. The van der Waals surface area contributed by atoms with E-state index in [0.717, 1.165) is 61.9 Å². The fourth-order valence-corrected chi connectivity index (χ4v) is 6.84. The molecule has 1 aliphatic rings. The van der Waals surface area contributed by atoms with E-state index in [-0.39, 0.29) is 0 Å². The third-order valence-corrected chi connectivity index (χ3v) is 8.93. The Kier molecular flexibility index (Phi) is 6.14. The zero-order valence-electron chi connectivity index (χ0n) is 25.1. The summed E-state index contributed by atoms with van der Waals surface area (Å²) in [5.41, 5.74) is 12.3. The van der Waals surface area contributed by atoms with E-state index in [0.29, 0.717) is 0 Å². The van der Waals surface area contributed by atoms with E-state index in [1.807, 2.05) is 0 Å². The predicted octanol–water partition coefficient (Wildman–Crippen LogP) is 11.5. The lowest BCUT2D eigenvalue weighted by atomic mass is 10.0. The molecule has 6 aromatic carbocycles. The van der Waals surface area contributed by atoms with Gasteiger partial charge in [-0.05, 0) is 59.2 Å². The Morgan fingerprint density at radius 1 is 0.457 bits per heavy atom. The summed E-state index contributed by atoms with van der Waals surface area (Å²) in [6.45, 7) is 0. The van der Waals surface area contributed by atoms with E-state index < -0.39 is 0 Å². The van der Waals surface area contributed by atoms with E-state index in [1.165, 1.54) is 16.3 Å². The van der Waals surface area contributed by atoms with Crippen LogP contribution in [0.25, 0.3) is 62.2 Å². The average Bonchev–Trinajstić information content (AvgIpc) is 3.37. The summed E-state index contributed by atoms with van der Waals surface area (Å²) in [6, 6.07) is 58.0. The fourth-order valence-electron chi connectivity index (χ4n) is 6.84. The molecule has 1 aliphatic heterocycles. The van der Waals surface area contributed by atoms with Gasteiger partial charge in [-0.25, -0.2) is 4.98 Å². The second-order valence-corrected chi connectivity index (χ2v) is 11.6. The molecule has 2 aromatic heterocycles. The van der Waals surface area contributed by atoms with Crippen LogP contribution in [0.2, 0.25) is 0 Å². The third-order valence-electron chi connectivity index (χ3n) is 8.93. The van der Waals surface area contributed by atoms with Crippen LogP contribution in [0.3, 0.4) is 0 Å². The summed E-state index contributed by atoms with van der Waals surface area (Å²) in [4.78, 5) is 7.77. The number of hydrogen-bond acceptors (Lipinski definition) is 2. The number of para-hydroxylation sites is 3. The second-order valence-electron chi connectivity index (χ2n) is 11.6. The van der Waals surface area contributed by atoms with Gasteiger partial charge in [-0.15, -0.1) is 0 Å². The number of hydrogen-bond donors (Lipinski definition) is 0. The molecule has 0 aliphatic carbocycles. The van der Waals surface area contributed by atoms with Crippen molar-refractivity contribution in [3.05, 3.63) is 175 Å². The summed E-state index contributed by atoms with van der Waals surface area (Å²) in [6.07, 6.45) is 4.54. The molecule has 0 N–H and O–H groups in total. The maximum Gasteiger partial charge on any atom is 0.138 e. The highest BCUT2D eigenvalue weighted by atomic mass is 15.2. The van der Waals surface area contributed by atoms with Crippen molar-refractivity contribution in [3.8, 4) is 28.2 Å². The molecule has 216 valence electrons. The highest BCUT2D eigenvalue weighted by Gasteiger charge is 2.25. The van der Waals surface area contributed by atoms with E-state index in [2.05, 4.69) is 185 Å². The van der Waals surface area contributed by atoms with Crippen LogP contribution < -0.4 is 4.90 Å². The first-order valence-corrected chi connectivity index (χ1v) is 15.7. The molecular formula is C43H29N3. The summed E-state index contributed by atoms with van der Waals surface area (Å²) in [7, 11) is 0. The largest absolute Gasteiger partial charge is 0.309 e. The molecule has 0 bridgehead atoms. The number of rotatable bonds is 4. The molecule has 9 rings (SSSR count). The van der Waals surface area contributed by atoms with Crippen molar-refractivity contribution in [1.82, 2.24) is 9.55 Å². The van der Waals surface area contributed by atoms with Crippen LogP contribution in [0.4, 0.5) is 17.1 Å². The molecule has 0 atom stereocenters. The Bertz CT molecular complexity index is 2350. The molecule has 3 nitrogen and oxygen atoms in total. The fraction of sp³-hybridized carbons (Fsp3) is 0. The molecular weight excluding hydrogens is 558 g/mol. The Morgan fingerprint density at radius 2 is 1.13 bits per heavy atom. The maximum atomic E-state index is 5.39. The van der Waals surface area contributed by atoms with Crippen molar-refractivity contribution in [2.45, 2.75) is 0 Å². The van der Waals surface area contributed by atoms with Crippen LogP contribution >= 0.6 is 0 Å². The molecule has 0 spiro atoms. The van der Waals surface area contributed by atoms with Crippen LogP contribution in [-0.4, -0.2) is 9.55 Å². The molecule has 0 unspecified atom stereocenters. The minimum atomic E-state index is 0.890. The summed E-state index contributed by atoms with van der Waals surface area (Å²) in [5.74, 6) is 0.890. The molecule has 0 fully saturated rings. The lowest BCUT2D eigenvalue weighted by molar-refractivity contribution is 1.08. The highest BCUT2D eigenvalue weighted by Crippen LogP contribution is 2.46. The highest BCUT2D eigenvalue weighted by molar-refractivity contribution is 6.15. The van der Waals surface area contributed by atoms with E-state index >= 15 is 0 Å². The smallest absolute Gasteiger partial charge is 0.138 e. The van der Waals surface area contributed by atoms with Gasteiger partial charge in [0.2, 0.25) is 0 Å². The van der Waals surface area contributed by atoms with Gasteiger partial charge >= 0.3 is 0 Å². The molecule has 46 heavy (non-hydrogen) atoms. The minimum absolute atomic E-state index is 0.890. The normalized spacial score (nSPS) is 12.2. The number of pyridine rings is 1. The Balaban J connectivity index is 1.39. The van der Waals surface area contributed by atoms with Crippen molar-refractivity contribution in [3.63, 3.8) is 0 Å². The molecule has 0 saturated heterocycles. The van der Waals surface area contributed by atoms with E-state index in [1.54, 1.807) is 0 Å². The second kappa shape index (κ2) is 10.8. The molecule has 0 saturated carbocycles. The number of aromatic nitrogens is 2. The van der Waals surface area contributed by atoms with Gasteiger partial charge in [-0.1, -0.05) is 133 Å². The number of fused-ring (bicyclic) bond motifs is 6. The van der Waals surface area contributed by atoms with Crippen LogP contribution in [0.1, 0.15) is 11.1 Å². The Labute approximate surface area is 268 Å². The Morgan fingerprint density at radius 3 is 1.93 bits per heavy atom. The lowest BCUT2D eigenvalue weighted by Gasteiger charge is -2.27. The quantitative estimate of drug-likeness (QED) is 0.204. The number of anilines is 3. The molecule has 3 heterocycles. The molecule has 3 heteroatoms. The lowest BCUT2D eigenvalue weighted by Crippen LogP contribution is -2.12. The first kappa shape index (κ1) is 26.2. The predicted molar refractivity (Wildman–Crippen MR) is 193 cm³/mol. The van der Waals surface area contributed by atoms with Crippen molar-refractivity contribution in [2.24, 2.45) is 0 Å². The van der Waals surface area contributed by atoms with Gasteiger partial charge in [0.1, 0.15) is 5.82 Å². The van der Waals surface area contributed by atoms with Gasteiger partial charge in [0.25, 0.3) is 0 Å². The standard InChI is InChI=1S/C43H29N3/c1-4-14-30(15-5-1)33-28-38(31-16-6-2-7-17-31)44-42(29-33)46-40-23-13-11-21-35(40)36-26-27-41-37(43(36)46)25-24-32-18-10-12-22-39(32)45(41)34-19-8-3-9-20-34/h1-29H. The van der Waals surface area contributed by atoms with Crippen LogP contribution in [0.5, 0.6) is 0 Å². The summed E-state index contributed by atoms with van der Waals surface area (Å²) in [5, 5.41) is 2.40. The van der Waals surface area contributed by atoms with Gasteiger partial charge < -0.3 is 4.90 Å². The van der Waals surface area contributed by atoms with Crippen LogP contribution in [-0.2, 0) is 0 Å². The van der Waals surface area contributed by atoms with Crippen molar-refractivity contribution in [2.75, 3.05) is 4.90 Å². The topological polar surface area (TPSA) is 21.1 Å². The molecule has 8 aromatic rings. The monoisotopic (exact) mass is 587 g/mol.